The van der Waals surface area contributed by atoms with E-state index in [1.807, 2.05) is 0 Å². The second-order valence-electron chi connectivity index (χ2n) is 4.05. The Labute approximate surface area is 88.4 Å². The van der Waals surface area contributed by atoms with Gasteiger partial charge in [-0.25, -0.2) is 9.97 Å². The quantitative estimate of drug-likeness (QED) is 0.742. The van der Waals surface area contributed by atoms with Crippen molar-refractivity contribution >= 4 is 5.78 Å². The van der Waals surface area contributed by atoms with Crippen molar-refractivity contribution in [2.45, 2.75) is 37.7 Å². The van der Waals surface area contributed by atoms with Crippen LogP contribution in [0.15, 0.2) is 18.7 Å². The number of ketones is 1. The molecule has 0 radical (unpaired) electrons. The fourth-order valence-corrected chi connectivity index (χ4v) is 2.05. The first kappa shape index (κ1) is 10.2. The van der Waals surface area contributed by atoms with E-state index in [1.54, 1.807) is 0 Å². The number of carbonyl (C=O) groups is 1. The molecule has 0 aromatic carbocycles. The molecule has 4 nitrogen and oxygen atoms in total. The minimum Gasteiger partial charge on any atom is -0.382 e. The Morgan fingerprint density at radius 2 is 1.80 bits per heavy atom. The number of hydrogen-bond acceptors (Lipinski definition) is 4. The molecule has 80 valence electrons. The number of rotatable bonds is 2. The van der Waals surface area contributed by atoms with Crippen LogP contribution in [0.25, 0.3) is 0 Å². The predicted molar refractivity (Wildman–Crippen MR) is 54.4 cm³/mol. The molecule has 1 aromatic heterocycles. The minimum absolute atomic E-state index is 0.234. The lowest BCUT2D eigenvalue weighted by atomic mass is 9.80. The van der Waals surface area contributed by atoms with Gasteiger partial charge in [0.2, 0.25) is 0 Å². The molecule has 1 saturated carbocycles. The maximum atomic E-state index is 12.0. The van der Waals surface area contributed by atoms with Crippen molar-refractivity contribution < 1.29 is 9.90 Å². The van der Waals surface area contributed by atoms with E-state index in [9.17, 15) is 9.90 Å². The van der Waals surface area contributed by atoms with Crippen molar-refractivity contribution in [2.75, 3.05) is 0 Å². The molecule has 1 aliphatic carbocycles. The van der Waals surface area contributed by atoms with Gasteiger partial charge in [-0.3, -0.25) is 4.79 Å². The van der Waals surface area contributed by atoms with Crippen molar-refractivity contribution in [3.8, 4) is 0 Å². The molecular formula is C11H14N2O2. The first-order chi connectivity index (χ1) is 7.22. The molecule has 0 unspecified atom stereocenters. The highest BCUT2D eigenvalue weighted by atomic mass is 16.3. The Morgan fingerprint density at radius 1 is 1.20 bits per heavy atom. The van der Waals surface area contributed by atoms with Gasteiger partial charge in [-0.1, -0.05) is 19.3 Å². The summed E-state index contributed by atoms with van der Waals surface area (Å²) in [5.74, 6) is -0.234. The minimum atomic E-state index is -1.18. The van der Waals surface area contributed by atoms with E-state index in [4.69, 9.17) is 0 Å². The molecule has 0 amide bonds. The number of aromatic nitrogens is 2. The SMILES string of the molecule is O=C(c1cncnc1)C1(O)CCCCC1. The largest absolute Gasteiger partial charge is 0.382 e. The molecule has 0 aliphatic heterocycles. The van der Waals surface area contributed by atoms with Gasteiger partial charge in [0, 0.05) is 12.4 Å². The van der Waals surface area contributed by atoms with Crippen molar-refractivity contribution in [3.05, 3.63) is 24.3 Å². The lowest BCUT2D eigenvalue weighted by Crippen LogP contribution is -2.40. The zero-order valence-corrected chi connectivity index (χ0v) is 8.52. The molecule has 1 aromatic rings. The summed E-state index contributed by atoms with van der Waals surface area (Å²) in [6, 6.07) is 0. The van der Waals surface area contributed by atoms with Crippen LogP contribution < -0.4 is 0 Å². The molecule has 4 heteroatoms. The summed E-state index contributed by atoms with van der Waals surface area (Å²) in [6.45, 7) is 0. The number of nitrogens with zero attached hydrogens (tertiary/aromatic N) is 2. The zero-order valence-electron chi connectivity index (χ0n) is 8.52. The van der Waals surface area contributed by atoms with Gasteiger partial charge in [0.25, 0.3) is 0 Å². The second-order valence-corrected chi connectivity index (χ2v) is 4.05. The van der Waals surface area contributed by atoms with Gasteiger partial charge < -0.3 is 5.11 Å². The molecule has 0 bridgehead atoms. The number of carbonyl (C=O) groups excluding carboxylic acids is 1. The van der Waals surface area contributed by atoms with E-state index >= 15 is 0 Å². The standard InChI is InChI=1S/C11H14N2O2/c14-10(9-6-12-8-13-7-9)11(15)4-2-1-3-5-11/h6-8,15H,1-5H2. The third-order valence-corrected chi connectivity index (χ3v) is 2.93. The lowest BCUT2D eigenvalue weighted by molar-refractivity contribution is 0.0115. The van der Waals surface area contributed by atoms with Crippen molar-refractivity contribution in [1.82, 2.24) is 9.97 Å². The maximum Gasteiger partial charge on any atom is 0.197 e. The maximum absolute atomic E-state index is 12.0. The Kier molecular flexibility index (Phi) is 2.77. The first-order valence-electron chi connectivity index (χ1n) is 5.24. The average Bonchev–Trinajstić information content (AvgIpc) is 2.30. The van der Waals surface area contributed by atoms with Crippen molar-refractivity contribution in [2.24, 2.45) is 0 Å². The molecular weight excluding hydrogens is 192 g/mol. The molecule has 1 fully saturated rings. The third kappa shape index (κ3) is 2.04. The summed E-state index contributed by atoms with van der Waals surface area (Å²) in [6.07, 6.45) is 8.33. The van der Waals surface area contributed by atoms with Crippen molar-refractivity contribution in [3.63, 3.8) is 0 Å². The van der Waals surface area contributed by atoms with Gasteiger partial charge >= 0.3 is 0 Å². The topological polar surface area (TPSA) is 63.1 Å². The monoisotopic (exact) mass is 206 g/mol. The Hall–Kier alpha value is -1.29. The van der Waals surface area contributed by atoms with Crippen LogP contribution in [0.3, 0.4) is 0 Å². The molecule has 0 saturated heterocycles. The molecule has 15 heavy (non-hydrogen) atoms. The summed E-state index contributed by atoms with van der Waals surface area (Å²) in [5, 5.41) is 10.2. The van der Waals surface area contributed by atoms with Gasteiger partial charge in [0.15, 0.2) is 5.78 Å². The van der Waals surface area contributed by atoms with Gasteiger partial charge in [0.1, 0.15) is 11.9 Å². The fourth-order valence-electron chi connectivity index (χ4n) is 2.05. The molecule has 2 rings (SSSR count). The van der Waals surface area contributed by atoms with Crippen LogP contribution in [-0.2, 0) is 0 Å². The van der Waals surface area contributed by atoms with Crippen LogP contribution in [0.2, 0.25) is 0 Å². The second kappa shape index (κ2) is 4.06. The van der Waals surface area contributed by atoms with Gasteiger partial charge in [-0.05, 0) is 12.8 Å². The molecule has 0 spiro atoms. The number of aliphatic hydroxyl groups is 1. The van der Waals surface area contributed by atoms with Crippen LogP contribution in [0, 0.1) is 0 Å². The summed E-state index contributed by atoms with van der Waals surface area (Å²) < 4.78 is 0. The van der Waals surface area contributed by atoms with E-state index in [-0.39, 0.29) is 5.78 Å². The fraction of sp³-hybridized carbons (Fsp3) is 0.545. The van der Waals surface area contributed by atoms with Gasteiger partial charge in [-0.15, -0.1) is 0 Å². The highest BCUT2D eigenvalue weighted by Gasteiger charge is 2.37. The molecule has 1 aliphatic rings. The Balaban J connectivity index is 2.20. The Bertz CT molecular complexity index is 345. The van der Waals surface area contributed by atoms with Gasteiger partial charge in [-0.2, -0.15) is 0 Å². The number of Topliss-reactive ketones (excluding diaryl/α,β-unsaturated/α-hetero) is 1. The van der Waals surface area contributed by atoms with Crippen LogP contribution in [0.4, 0.5) is 0 Å². The van der Waals surface area contributed by atoms with Crippen LogP contribution in [0.1, 0.15) is 42.5 Å². The van der Waals surface area contributed by atoms with Crippen LogP contribution in [0.5, 0.6) is 0 Å². The van der Waals surface area contributed by atoms with E-state index in [0.717, 1.165) is 19.3 Å². The summed E-state index contributed by atoms with van der Waals surface area (Å²) in [7, 11) is 0. The van der Waals surface area contributed by atoms with Gasteiger partial charge in [0.05, 0.1) is 5.56 Å². The Morgan fingerprint density at radius 3 is 2.40 bits per heavy atom. The third-order valence-electron chi connectivity index (χ3n) is 2.93. The summed E-state index contributed by atoms with van der Waals surface area (Å²) >= 11 is 0. The summed E-state index contributed by atoms with van der Waals surface area (Å²) in [5.41, 5.74) is -0.773. The smallest absolute Gasteiger partial charge is 0.197 e. The van der Waals surface area contributed by atoms with E-state index in [1.165, 1.54) is 18.7 Å². The lowest BCUT2D eigenvalue weighted by Gasteiger charge is -2.30. The highest BCUT2D eigenvalue weighted by Crippen LogP contribution is 2.30. The van der Waals surface area contributed by atoms with Crippen LogP contribution in [-0.4, -0.2) is 26.5 Å². The summed E-state index contributed by atoms with van der Waals surface area (Å²) in [4.78, 5) is 19.6. The average molecular weight is 206 g/mol. The van der Waals surface area contributed by atoms with E-state index in [0.29, 0.717) is 18.4 Å². The zero-order chi connectivity index (χ0) is 10.7. The van der Waals surface area contributed by atoms with E-state index < -0.39 is 5.60 Å². The highest BCUT2D eigenvalue weighted by molar-refractivity contribution is 6.01. The van der Waals surface area contributed by atoms with Crippen molar-refractivity contribution in [1.29, 1.82) is 0 Å². The number of hydrogen-bond donors (Lipinski definition) is 1. The molecule has 1 heterocycles. The predicted octanol–water partition coefficient (Wildman–Crippen LogP) is 1.35. The van der Waals surface area contributed by atoms with E-state index in [2.05, 4.69) is 9.97 Å². The normalized spacial score (nSPS) is 19.8. The molecule has 0 atom stereocenters. The first-order valence-corrected chi connectivity index (χ1v) is 5.24. The van der Waals surface area contributed by atoms with Crippen LogP contribution >= 0.6 is 0 Å². The molecule has 1 N–H and O–H groups in total.